The van der Waals surface area contributed by atoms with Crippen LogP contribution >= 0.6 is 0 Å². The maximum absolute atomic E-state index is 12.2. The van der Waals surface area contributed by atoms with Crippen LogP contribution in [-0.2, 0) is 4.79 Å². The number of aryl methyl sites for hydroxylation is 1. The van der Waals surface area contributed by atoms with Crippen LogP contribution in [0.2, 0.25) is 0 Å². The molecule has 1 aliphatic rings. The first-order valence-electron chi connectivity index (χ1n) is 6.85. The smallest absolute Gasteiger partial charge is 0.178 e. The summed E-state index contributed by atoms with van der Waals surface area (Å²) in [5.41, 5.74) is 0.883. The van der Waals surface area contributed by atoms with Crippen molar-refractivity contribution in [2.24, 2.45) is 0 Å². The average Bonchev–Trinajstić information content (AvgIpc) is 2.36. The summed E-state index contributed by atoms with van der Waals surface area (Å²) in [5, 5.41) is 10.2. The van der Waals surface area contributed by atoms with E-state index in [0.29, 0.717) is 5.75 Å². The highest BCUT2D eigenvalue weighted by molar-refractivity contribution is 5.87. The highest BCUT2D eigenvalue weighted by Gasteiger charge is 2.37. The number of hydrogen-bond acceptors (Lipinski definition) is 4. The molecule has 20 heavy (non-hydrogen) atoms. The molecule has 0 aliphatic carbocycles. The van der Waals surface area contributed by atoms with E-state index in [1.165, 1.54) is 0 Å². The Bertz CT molecular complexity index is 534. The Kier molecular flexibility index (Phi) is 3.78. The molecule has 0 fully saturated rings. The van der Waals surface area contributed by atoms with Crippen molar-refractivity contribution >= 4 is 5.78 Å². The number of methoxy groups -OCH3 is 1. The molecule has 4 heteroatoms. The molecule has 0 amide bonds. The zero-order valence-electron chi connectivity index (χ0n) is 12.7. The van der Waals surface area contributed by atoms with Crippen molar-refractivity contribution in [3.8, 4) is 11.5 Å². The number of ketones is 1. The van der Waals surface area contributed by atoms with Crippen molar-refractivity contribution in [1.82, 2.24) is 0 Å². The minimum absolute atomic E-state index is 0.0871. The van der Waals surface area contributed by atoms with Gasteiger partial charge in [-0.3, -0.25) is 4.79 Å². The summed E-state index contributed by atoms with van der Waals surface area (Å²) in [5.74, 6) is 1.14. The molecule has 1 aromatic rings. The molecule has 1 heterocycles. The number of benzene rings is 1. The SMILES string of the molecule is COc1cc2c(cc1C)OC(C)(C)C(=O)C[C@@H](O)[C@H]2C. The van der Waals surface area contributed by atoms with Gasteiger partial charge in [0.05, 0.1) is 13.2 Å². The average molecular weight is 278 g/mol. The van der Waals surface area contributed by atoms with Crippen molar-refractivity contribution in [3.05, 3.63) is 23.3 Å². The molecule has 0 unspecified atom stereocenters. The van der Waals surface area contributed by atoms with Gasteiger partial charge in [0.15, 0.2) is 11.4 Å². The van der Waals surface area contributed by atoms with Gasteiger partial charge in [-0.1, -0.05) is 6.92 Å². The van der Waals surface area contributed by atoms with E-state index in [2.05, 4.69) is 0 Å². The molecule has 0 saturated heterocycles. The van der Waals surface area contributed by atoms with Crippen molar-refractivity contribution < 1.29 is 19.4 Å². The molecule has 0 radical (unpaired) electrons. The second-order valence-electron chi connectivity index (χ2n) is 5.96. The maximum Gasteiger partial charge on any atom is 0.178 e. The zero-order chi connectivity index (χ0) is 15.1. The van der Waals surface area contributed by atoms with Crippen LogP contribution in [0.15, 0.2) is 12.1 Å². The molecule has 110 valence electrons. The van der Waals surface area contributed by atoms with Gasteiger partial charge in [-0.15, -0.1) is 0 Å². The normalized spacial score (nSPS) is 25.2. The monoisotopic (exact) mass is 278 g/mol. The summed E-state index contributed by atoms with van der Waals surface area (Å²) in [4.78, 5) is 12.2. The first kappa shape index (κ1) is 14.9. The Morgan fingerprint density at radius 2 is 2.05 bits per heavy atom. The fourth-order valence-electron chi connectivity index (χ4n) is 2.49. The highest BCUT2D eigenvalue weighted by atomic mass is 16.5. The van der Waals surface area contributed by atoms with E-state index in [1.54, 1.807) is 21.0 Å². The number of aliphatic hydroxyl groups excluding tert-OH is 1. The van der Waals surface area contributed by atoms with Gasteiger partial charge < -0.3 is 14.6 Å². The Balaban J connectivity index is 2.58. The third-order valence-electron chi connectivity index (χ3n) is 4.03. The molecule has 0 bridgehead atoms. The quantitative estimate of drug-likeness (QED) is 0.858. The Hall–Kier alpha value is -1.55. The van der Waals surface area contributed by atoms with Gasteiger partial charge in [-0.05, 0) is 38.5 Å². The topological polar surface area (TPSA) is 55.8 Å². The van der Waals surface area contributed by atoms with Crippen LogP contribution in [0.3, 0.4) is 0 Å². The van der Waals surface area contributed by atoms with E-state index < -0.39 is 11.7 Å². The lowest BCUT2D eigenvalue weighted by molar-refractivity contribution is -0.134. The lowest BCUT2D eigenvalue weighted by Gasteiger charge is -2.33. The molecule has 0 spiro atoms. The first-order chi connectivity index (χ1) is 9.26. The maximum atomic E-state index is 12.2. The van der Waals surface area contributed by atoms with Crippen LogP contribution in [0.1, 0.15) is 44.2 Å². The van der Waals surface area contributed by atoms with Crippen molar-refractivity contribution in [2.45, 2.75) is 51.7 Å². The Labute approximate surface area is 119 Å². The number of rotatable bonds is 1. The number of carbonyl (C=O) groups is 1. The molecule has 0 aromatic heterocycles. The van der Waals surface area contributed by atoms with Crippen LogP contribution in [0.4, 0.5) is 0 Å². The fraction of sp³-hybridized carbons (Fsp3) is 0.562. The summed E-state index contributed by atoms with van der Waals surface area (Å²) >= 11 is 0. The molecular formula is C16H22O4. The molecular weight excluding hydrogens is 256 g/mol. The van der Waals surface area contributed by atoms with E-state index in [9.17, 15) is 9.90 Å². The number of hydrogen-bond donors (Lipinski definition) is 1. The van der Waals surface area contributed by atoms with Gasteiger partial charge in [-0.2, -0.15) is 0 Å². The molecule has 0 saturated carbocycles. The largest absolute Gasteiger partial charge is 0.496 e. The van der Waals surface area contributed by atoms with Crippen molar-refractivity contribution in [1.29, 1.82) is 0 Å². The molecule has 4 nitrogen and oxygen atoms in total. The molecule has 2 atom stereocenters. The Morgan fingerprint density at radius 1 is 1.40 bits per heavy atom. The number of aliphatic hydroxyl groups is 1. The van der Waals surface area contributed by atoms with E-state index in [4.69, 9.17) is 9.47 Å². The summed E-state index contributed by atoms with van der Waals surface area (Å²) in [7, 11) is 1.62. The highest BCUT2D eigenvalue weighted by Crippen LogP contribution is 2.39. The van der Waals surface area contributed by atoms with Crippen LogP contribution in [0, 0.1) is 6.92 Å². The molecule has 2 rings (SSSR count). The van der Waals surface area contributed by atoms with E-state index >= 15 is 0 Å². The first-order valence-corrected chi connectivity index (χ1v) is 6.85. The van der Waals surface area contributed by atoms with E-state index in [-0.39, 0.29) is 18.1 Å². The summed E-state index contributed by atoms with van der Waals surface area (Å²) in [6.45, 7) is 7.30. The number of carbonyl (C=O) groups excluding carboxylic acids is 1. The molecule has 1 aliphatic heterocycles. The van der Waals surface area contributed by atoms with E-state index in [1.807, 2.05) is 26.0 Å². The predicted molar refractivity (Wildman–Crippen MR) is 76.5 cm³/mol. The van der Waals surface area contributed by atoms with Crippen LogP contribution < -0.4 is 9.47 Å². The van der Waals surface area contributed by atoms with Crippen molar-refractivity contribution in [2.75, 3.05) is 7.11 Å². The summed E-state index contributed by atoms with van der Waals surface area (Å²) in [6.07, 6.45) is -0.610. The summed E-state index contributed by atoms with van der Waals surface area (Å²) < 4.78 is 11.3. The van der Waals surface area contributed by atoms with Crippen molar-refractivity contribution in [3.63, 3.8) is 0 Å². The third-order valence-corrected chi connectivity index (χ3v) is 4.03. The lowest BCUT2D eigenvalue weighted by Crippen LogP contribution is -2.42. The van der Waals surface area contributed by atoms with Gasteiger partial charge in [-0.25, -0.2) is 0 Å². The van der Waals surface area contributed by atoms with Crippen LogP contribution in [-0.4, -0.2) is 29.7 Å². The lowest BCUT2D eigenvalue weighted by atomic mass is 9.86. The van der Waals surface area contributed by atoms with E-state index in [0.717, 1.165) is 16.9 Å². The zero-order valence-corrected chi connectivity index (χ0v) is 12.7. The van der Waals surface area contributed by atoms with Gasteiger partial charge >= 0.3 is 0 Å². The molecule has 1 aromatic carbocycles. The van der Waals surface area contributed by atoms with Gasteiger partial charge in [0.2, 0.25) is 0 Å². The standard InChI is InChI=1S/C16H22O4/c1-9-6-14-11(7-13(9)19-5)10(2)12(17)8-15(18)16(3,4)20-14/h6-7,10,12,17H,8H2,1-5H3/t10-,12+/m0/s1. The minimum Gasteiger partial charge on any atom is -0.496 e. The predicted octanol–water partition coefficient (Wildman–Crippen LogP) is 2.60. The number of ether oxygens (including phenoxy) is 2. The Morgan fingerprint density at radius 3 is 2.65 bits per heavy atom. The van der Waals surface area contributed by atoms with Gasteiger partial charge in [0.25, 0.3) is 0 Å². The number of Topliss-reactive ketones (excluding diaryl/α,β-unsaturated/α-hetero) is 1. The van der Waals surface area contributed by atoms with Crippen LogP contribution in [0.25, 0.3) is 0 Å². The second kappa shape index (κ2) is 5.09. The second-order valence-corrected chi connectivity index (χ2v) is 5.96. The fourth-order valence-corrected chi connectivity index (χ4v) is 2.49. The number of fused-ring (bicyclic) bond motifs is 1. The summed E-state index contributed by atoms with van der Waals surface area (Å²) in [6, 6.07) is 3.77. The third kappa shape index (κ3) is 2.52. The molecule has 1 N–H and O–H groups in total. The van der Waals surface area contributed by atoms with Gasteiger partial charge in [0, 0.05) is 17.9 Å². The van der Waals surface area contributed by atoms with Gasteiger partial charge in [0.1, 0.15) is 11.5 Å². The minimum atomic E-state index is -0.934. The van der Waals surface area contributed by atoms with Crippen LogP contribution in [0.5, 0.6) is 11.5 Å².